The van der Waals surface area contributed by atoms with Crippen LogP contribution in [0, 0.1) is 0 Å². The maximum Gasteiger partial charge on any atom is 0.311 e. The van der Waals surface area contributed by atoms with Crippen molar-refractivity contribution >= 4 is 39.9 Å². The molecule has 0 saturated carbocycles. The molecule has 2 aromatic heterocycles. The van der Waals surface area contributed by atoms with Gasteiger partial charge >= 0.3 is 5.97 Å². The van der Waals surface area contributed by atoms with E-state index in [1.165, 1.54) is 11.3 Å². The average Bonchev–Trinajstić information content (AvgIpc) is 3.31. The van der Waals surface area contributed by atoms with Crippen LogP contribution in [0.25, 0.3) is 11.3 Å². The fourth-order valence-corrected chi connectivity index (χ4v) is 3.53. The highest BCUT2D eigenvalue weighted by atomic mass is 32.1. The monoisotopic (exact) mass is 404 g/mol. The highest BCUT2D eigenvalue weighted by molar-refractivity contribution is 7.14. The van der Waals surface area contributed by atoms with Crippen LogP contribution in [0.3, 0.4) is 0 Å². The van der Waals surface area contributed by atoms with Gasteiger partial charge in [0, 0.05) is 10.9 Å². The molecule has 140 valence electrons. The van der Waals surface area contributed by atoms with Gasteiger partial charge in [0.25, 0.3) is 5.91 Å². The molecule has 3 rings (SSSR count). The van der Waals surface area contributed by atoms with E-state index in [1.807, 2.05) is 12.1 Å². The minimum Gasteiger partial charge on any atom is -0.497 e. The highest BCUT2D eigenvalue weighted by Crippen LogP contribution is 2.27. The van der Waals surface area contributed by atoms with E-state index < -0.39 is 0 Å². The number of ether oxygens (including phenoxy) is 2. The molecule has 0 aliphatic rings. The van der Waals surface area contributed by atoms with Crippen molar-refractivity contribution in [3.63, 3.8) is 0 Å². The smallest absolute Gasteiger partial charge is 0.311 e. The molecule has 27 heavy (non-hydrogen) atoms. The quantitative estimate of drug-likeness (QED) is 0.604. The van der Waals surface area contributed by atoms with Gasteiger partial charge < -0.3 is 9.47 Å². The Labute approximate surface area is 163 Å². The third-order valence-corrected chi connectivity index (χ3v) is 4.99. The number of benzene rings is 1. The Bertz CT molecular complexity index is 937. The summed E-state index contributed by atoms with van der Waals surface area (Å²) in [5.74, 6) is 0.00633. The number of amides is 1. The molecule has 0 aliphatic carbocycles. The van der Waals surface area contributed by atoms with Crippen LogP contribution in [0.15, 0.2) is 29.6 Å². The van der Waals surface area contributed by atoms with E-state index in [4.69, 9.17) is 9.47 Å². The van der Waals surface area contributed by atoms with Gasteiger partial charge in [0.05, 0.1) is 25.8 Å². The Balaban J connectivity index is 1.71. The van der Waals surface area contributed by atoms with Crippen molar-refractivity contribution in [1.29, 1.82) is 0 Å². The Morgan fingerprint density at radius 3 is 2.70 bits per heavy atom. The van der Waals surface area contributed by atoms with Gasteiger partial charge in [-0.2, -0.15) is 0 Å². The maximum absolute atomic E-state index is 12.6. The van der Waals surface area contributed by atoms with Crippen LogP contribution in [0.1, 0.15) is 22.3 Å². The molecule has 1 amide bonds. The minimum atomic E-state index is -0.354. The fourth-order valence-electron chi connectivity index (χ4n) is 2.24. The zero-order chi connectivity index (χ0) is 19.2. The van der Waals surface area contributed by atoms with E-state index in [0.717, 1.165) is 17.1 Å². The zero-order valence-electron chi connectivity index (χ0n) is 14.6. The van der Waals surface area contributed by atoms with Crippen LogP contribution in [0.4, 0.5) is 5.13 Å². The molecular weight excluding hydrogens is 388 g/mol. The predicted octanol–water partition coefficient (Wildman–Crippen LogP) is 3.03. The summed E-state index contributed by atoms with van der Waals surface area (Å²) in [6.45, 7) is 2.06. The number of nitrogens with one attached hydrogen (secondary N) is 1. The van der Waals surface area contributed by atoms with Crippen molar-refractivity contribution in [2.45, 2.75) is 13.3 Å². The van der Waals surface area contributed by atoms with E-state index in [2.05, 4.69) is 19.9 Å². The second-order valence-electron chi connectivity index (χ2n) is 5.26. The number of carbonyl (C=O) groups is 2. The van der Waals surface area contributed by atoms with Crippen LogP contribution in [0.2, 0.25) is 0 Å². The summed E-state index contributed by atoms with van der Waals surface area (Å²) < 4.78 is 13.9. The molecular formula is C17H16N4O4S2. The molecule has 1 N–H and O–H groups in total. The summed E-state index contributed by atoms with van der Waals surface area (Å²) >= 11 is 2.24. The van der Waals surface area contributed by atoms with Crippen molar-refractivity contribution in [3.05, 3.63) is 40.2 Å². The number of aromatic nitrogens is 3. The van der Waals surface area contributed by atoms with E-state index >= 15 is 0 Å². The number of rotatable bonds is 7. The minimum absolute atomic E-state index is 0.0689. The molecule has 1 aromatic carbocycles. The third kappa shape index (κ3) is 4.66. The molecule has 0 unspecified atom stereocenters. The van der Waals surface area contributed by atoms with Crippen LogP contribution in [-0.4, -0.2) is 40.2 Å². The van der Waals surface area contributed by atoms with Crippen molar-refractivity contribution in [2.75, 3.05) is 19.0 Å². The zero-order valence-corrected chi connectivity index (χ0v) is 16.2. The van der Waals surface area contributed by atoms with Crippen LogP contribution >= 0.6 is 22.9 Å². The predicted molar refractivity (Wildman–Crippen MR) is 102 cm³/mol. The van der Waals surface area contributed by atoms with Crippen molar-refractivity contribution < 1.29 is 19.1 Å². The van der Waals surface area contributed by atoms with Crippen LogP contribution in [-0.2, 0) is 16.0 Å². The second-order valence-corrected chi connectivity index (χ2v) is 6.87. The summed E-state index contributed by atoms with van der Waals surface area (Å²) in [6, 6.07) is 7.21. The average molecular weight is 404 g/mol. The van der Waals surface area contributed by atoms with Crippen LogP contribution in [0.5, 0.6) is 5.75 Å². The first-order chi connectivity index (χ1) is 13.1. The number of hydrogen-bond acceptors (Lipinski definition) is 9. The first kappa shape index (κ1) is 18.9. The molecule has 0 radical (unpaired) electrons. The lowest BCUT2D eigenvalue weighted by atomic mass is 10.1. The van der Waals surface area contributed by atoms with Gasteiger partial charge in [-0.25, -0.2) is 4.98 Å². The van der Waals surface area contributed by atoms with E-state index in [0.29, 0.717) is 33.8 Å². The highest BCUT2D eigenvalue weighted by Gasteiger charge is 2.19. The summed E-state index contributed by atoms with van der Waals surface area (Å²) in [4.78, 5) is 28.7. The Morgan fingerprint density at radius 1 is 1.22 bits per heavy atom. The van der Waals surface area contributed by atoms with Crippen molar-refractivity contribution in [3.8, 4) is 17.0 Å². The van der Waals surface area contributed by atoms with Gasteiger partial charge in [-0.05, 0) is 42.7 Å². The molecule has 0 bridgehead atoms. The number of hydrogen-bond donors (Lipinski definition) is 1. The number of anilines is 1. The lowest BCUT2D eigenvalue weighted by molar-refractivity contribution is -0.142. The van der Waals surface area contributed by atoms with E-state index in [1.54, 1.807) is 31.5 Å². The van der Waals surface area contributed by atoms with Gasteiger partial charge in [0.2, 0.25) is 0 Å². The van der Waals surface area contributed by atoms with Gasteiger partial charge in [0.1, 0.15) is 16.3 Å². The van der Waals surface area contributed by atoms with Gasteiger partial charge in [-0.3, -0.25) is 14.9 Å². The SMILES string of the molecule is CCOC(=O)Cc1csc(NC(=O)c2snnc2-c2ccc(OC)cc2)n1. The van der Waals surface area contributed by atoms with Crippen LogP contribution < -0.4 is 10.1 Å². The van der Waals surface area contributed by atoms with Gasteiger partial charge in [-0.1, -0.05) is 4.49 Å². The number of esters is 1. The normalized spacial score (nSPS) is 10.4. The molecule has 3 aromatic rings. The molecule has 8 nitrogen and oxygen atoms in total. The molecule has 0 atom stereocenters. The number of thiazole rings is 1. The lowest BCUT2D eigenvalue weighted by Crippen LogP contribution is -2.12. The van der Waals surface area contributed by atoms with Gasteiger partial charge in [0.15, 0.2) is 5.13 Å². The third-order valence-electron chi connectivity index (χ3n) is 3.46. The lowest BCUT2D eigenvalue weighted by Gasteiger charge is -2.03. The molecule has 10 heteroatoms. The standard InChI is InChI=1S/C17H16N4O4S2/c1-3-25-13(22)8-11-9-26-17(18-11)19-16(23)15-14(20-21-27-15)10-4-6-12(24-2)7-5-10/h4-7,9H,3,8H2,1-2H3,(H,18,19,23). The number of methoxy groups -OCH3 is 1. The number of carbonyl (C=O) groups excluding carboxylic acids is 2. The maximum atomic E-state index is 12.6. The molecule has 0 saturated heterocycles. The van der Waals surface area contributed by atoms with E-state index in [9.17, 15) is 9.59 Å². The summed E-state index contributed by atoms with van der Waals surface area (Å²) in [6.07, 6.45) is 0.0689. The molecule has 0 aliphatic heterocycles. The summed E-state index contributed by atoms with van der Waals surface area (Å²) in [7, 11) is 1.59. The molecule has 0 spiro atoms. The number of nitrogens with zero attached hydrogens (tertiary/aromatic N) is 3. The Morgan fingerprint density at radius 2 is 2.00 bits per heavy atom. The summed E-state index contributed by atoms with van der Waals surface area (Å²) in [5, 5.41) is 8.89. The molecule has 0 fully saturated rings. The largest absolute Gasteiger partial charge is 0.497 e. The first-order valence-corrected chi connectivity index (χ1v) is 9.64. The van der Waals surface area contributed by atoms with E-state index in [-0.39, 0.29) is 18.3 Å². The first-order valence-electron chi connectivity index (χ1n) is 7.99. The summed E-state index contributed by atoms with van der Waals surface area (Å²) in [5.41, 5.74) is 1.80. The molecule has 2 heterocycles. The Hall–Kier alpha value is -2.85. The van der Waals surface area contributed by atoms with Crippen molar-refractivity contribution in [2.24, 2.45) is 0 Å². The Kier molecular flexibility index (Phi) is 6.09. The van der Waals surface area contributed by atoms with Gasteiger partial charge in [-0.15, -0.1) is 16.4 Å². The fraction of sp³-hybridized carbons (Fsp3) is 0.235. The topological polar surface area (TPSA) is 103 Å². The van der Waals surface area contributed by atoms with Crippen molar-refractivity contribution in [1.82, 2.24) is 14.6 Å². The second kappa shape index (κ2) is 8.69.